The Hall–Kier alpha value is -3.34. The normalized spacial score (nSPS) is 10.6. The van der Waals surface area contributed by atoms with Crippen LogP contribution in [0.1, 0.15) is 35.0 Å². The molecule has 156 valence electrons. The SMILES string of the molecule is CCCN(CC(=O)N(Cc1ccccc1)Cc1cccn1C)C(=O)c1ccccc1. The third-order valence-corrected chi connectivity index (χ3v) is 5.10. The molecule has 0 radical (unpaired) electrons. The average Bonchev–Trinajstić information content (AvgIpc) is 3.18. The molecule has 0 atom stereocenters. The van der Waals surface area contributed by atoms with Crippen molar-refractivity contribution in [1.29, 1.82) is 0 Å². The Labute approximate surface area is 178 Å². The van der Waals surface area contributed by atoms with Gasteiger partial charge in [-0.25, -0.2) is 0 Å². The molecule has 1 aromatic heterocycles. The number of nitrogens with zero attached hydrogens (tertiary/aromatic N) is 3. The molecule has 0 saturated carbocycles. The summed E-state index contributed by atoms with van der Waals surface area (Å²) in [4.78, 5) is 29.8. The molecule has 0 aliphatic heterocycles. The minimum Gasteiger partial charge on any atom is -0.353 e. The van der Waals surface area contributed by atoms with Crippen molar-refractivity contribution >= 4 is 11.8 Å². The molecule has 5 nitrogen and oxygen atoms in total. The van der Waals surface area contributed by atoms with Crippen molar-refractivity contribution < 1.29 is 9.59 Å². The molecule has 3 aromatic rings. The summed E-state index contributed by atoms with van der Waals surface area (Å²) in [6, 6.07) is 23.1. The number of carbonyl (C=O) groups is 2. The minimum absolute atomic E-state index is 0.0576. The first-order valence-electron chi connectivity index (χ1n) is 10.3. The van der Waals surface area contributed by atoms with Crippen LogP contribution in [-0.4, -0.2) is 39.3 Å². The molecule has 3 rings (SSSR count). The maximum atomic E-state index is 13.3. The quantitative estimate of drug-likeness (QED) is 0.540. The number of rotatable bonds is 9. The largest absolute Gasteiger partial charge is 0.353 e. The van der Waals surface area contributed by atoms with Gasteiger partial charge in [-0.3, -0.25) is 9.59 Å². The first-order valence-corrected chi connectivity index (χ1v) is 10.3. The van der Waals surface area contributed by atoms with Gasteiger partial charge in [0.25, 0.3) is 5.91 Å². The second kappa shape index (κ2) is 10.4. The second-order valence-corrected chi connectivity index (χ2v) is 7.44. The maximum absolute atomic E-state index is 13.3. The first-order chi connectivity index (χ1) is 14.6. The van der Waals surface area contributed by atoms with Gasteiger partial charge in [0, 0.05) is 37.6 Å². The number of hydrogen-bond donors (Lipinski definition) is 0. The van der Waals surface area contributed by atoms with E-state index in [9.17, 15) is 9.59 Å². The van der Waals surface area contributed by atoms with Gasteiger partial charge in [0.15, 0.2) is 0 Å². The summed E-state index contributed by atoms with van der Waals surface area (Å²) in [5.74, 6) is -0.165. The molecule has 1 heterocycles. The van der Waals surface area contributed by atoms with Gasteiger partial charge in [-0.05, 0) is 36.2 Å². The third kappa shape index (κ3) is 5.60. The molecule has 0 unspecified atom stereocenters. The molecule has 0 saturated heterocycles. The number of aromatic nitrogens is 1. The van der Waals surface area contributed by atoms with Gasteiger partial charge in [0.1, 0.15) is 6.54 Å². The first kappa shape index (κ1) is 21.4. The van der Waals surface area contributed by atoms with Crippen molar-refractivity contribution in [2.45, 2.75) is 26.4 Å². The van der Waals surface area contributed by atoms with Crippen LogP contribution in [0.3, 0.4) is 0 Å². The van der Waals surface area contributed by atoms with Crippen LogP contribution in [0.2, 0.25) is 0 Å². The highest BCUT2D eigenvalue weighted by molar-refractivity contribution is 5.96. The summed E-state index contributed by atoms with van der Waals surface area (Å²) in [5.41, 5.74) is 2.72. The van der Waals surface area contributed by atoms with E-state index in [1.54, 1.807) is 17.0 Å². The van der Waals surface area contributed by atoms with E-state index in [4.69, 9.17) is 0 Å². The summed E-state index contributed by atoms with van der Waals surface area (Å²) in [6.07, 6.45) is 2.77. The highest BCUT2D eigenvalue weighted by Gasteiger charge is 2.22. The fraction of sp³-hybridized carbons (Fsp3) is 0.280. The molecule has 0 aliphatic rings. The van der Waals surface area contributed by atoms with Gasteiger partial charge in [-0.15, -0.1) is 0 Å². The molecule has 30 heavy (non-hydrogen) atoms. The molecular formula is C25H29N3O2. The lowest BCUT2D eigenvalue weighted by Gasteiger charge is -2.28. The van der Waals surface area contributed by atoms with E-state index in [2.05, 4.69) is 0 Å². The monoisotopic (exact) mass is 403 g/mol. The topological polar surface area (TPSA) is 45.6 Å². The van der Waals surface area contributed by atoms with Crippen molar-refractivity contribution in [2.24, 2.45) is 7.05 Å². The minimum atomic E-state index is -0.107. The number of carbonyl (C=O) groups excluding carboxylic acids is 2. The zero-order chi connectivity index (χ0) is 21.3. The van der Waals surface area contributed by atoms with E-state index < -0.39 is 0 Å². The van der Waals surface area contributed by atoms with Crippen LogP contribution < -0.4 is 0 Å². The Bertz CT molecular complexity index is 951. The predicted octanol–water partition coefficient (Wildman–Crippen LogP) is 4.11. The highest BCUT2D eigenvalue weighted by atomic mass is 16.2. The van der Waals surface area contributed by atoms with Crippen LogP contribution in [0.25, 0.3) is 0 Å². The average molecular weight is 404 g/mol. The van der Waals surface area contributed by atoms with Crippen LogP contribution in [0, 0.1) is 0 Å². The lowest BCUT2D eigenvalue weighted by atomic mass is 10.2. The van der Waals surface area contributed by atoms with E-state index in [0.717, 1.165) is 17.7 Å². The van der Waals surface area contributed by atoms with E-state index in [1.807, 2.05) is 90.3 Å². The molecule has 5 heteroatoms. The van der Waals surface area contributed by atoms with E-state index >= 15 is 0 Å². The number of aryl methyl sites for hydroxylation is 1. The fourth-order valence-corrected chi connectivity index (χ4v) is 3.44. The molecule has 0 N–H and O–H groups in total. The number of hydrogen-bond acceptors (Lipinski definition) is 2. The fourth-order valence-electron chi connectivity index (χ4n) is 3.44. The Kier molecular flexibility index (Phi) is 7.44. The van der Waals surface area contributed by atoms with Crippen molar-refractivity contribution in [3.05, 3.63) is 95.8 Å². The lowest BCUT2D eigenvalue weighted by molar-refractivity contribution is -0.133. The Balaban J connectivity index is 1.79. The van der Waals surface area contributed by atoms with Gasteiger partial charge in [-0.1, -0.05) is 55.5 Å². The van der Waals surface area contributed by atoms with E-state index in [0.29, 0.717) is 25.2 Å². The summed E-state index contributed by atoms with van der Waals surface area (Å²) < 4.78 is 2.02. The standard InChI is InChI=1S/C25H29N3O2/c1-3-16-27(25(30)22-13-8-5-9-14-22)20-24(29)28(18-21-11-6-4-7-12-21)19-23-15-10-17-26(23)2/h4-15,17H,3,16,18-20H2,1-2H3. The highest BCUT2D eigenvalue weighted by Crippen LogP contribution is 2.13. The molecule has 0 fully saturated rings. The lowest BCUT2D eigenvalue weighted by Crippen LogP contribution is -2.43. The summed E-state index contributed by atoms with van der Waals surface area (Å²) in [7, 11) is 1.98. The number of amides is 2. The van der Waals surface area contributed by atoms with Crippen molar-refractivity contribution in [2.75, 3.05) is 13.1 Å². The third-order valence-electron chi connectivity index (χ3n) is 5.10. The predicted molar refractivity (Wildman–Crippen MR) is 119 cm³/mol. The maximum Gasteiger partial charge on any atom is 0.254 e. The van der Waals surface area contributed by atoms with Crippen LogP contribution in [0.4, 0.5) is 0 Å². The van der Waals surface area contributed by atoms with Crippen molar-refractivity contribution in [1.82, 2.24) is 14.4 Å². The van der Waals surface area contributed by atoms with Gasteiger partial charge in [0.05, 0.1) is 6.54 Å². The van der Waals surface area contributed by atoms with E-state index in [1.165, 1.54) is 0 Å². The molecular weight excluding hydrogens is 374 g/mol. The van der Waals surface area contributed by atoms with E-state index in [-0.39, 0.29) is 18.4 Å². The molecule has 0 aliphatic carbocycles. The number of benzene rings is 2. The van der Waals surface area contributed by atoms with Gasteiger partial charge < -0.3 is 14.4 Å². The van der Waals surface area contributed by atoms with Gasteiger partial charge in [-0.2, -0.15) is 0 Å². The summed E-state index contributed by atoms with van der Waals surface area (Å²) in [6.45, 7) is 3.63. The van der Waals surface area contributed by atoms with Crippen LogP contribution in [0.15, 0.2) is 79.0 Å². The Morgan fingerprint density at radius 1 is 0.833 bits per heavy atom. The molecule has 2 aromatic carbocycles. The summed E-state index contributed by atoms with van der Waals surface area (Å²) >= 11 is 0. The van der Waals surface area contributed by atoms with Crippen LogP contribution in [0.5, 0.6) is 0 Å². The smallest absolute Gasteiger partial charge is 0.254 e. The van der Waals surface area contributed by atoms with Gasteiger partial charge >= 0.3 is 0 Å². The zero-order valence-corrected chi connectivity index (χ0v) is 17.7. The summed E-state index contributed by atoms with van der Waals surface area (Å²) in [5, 5.41) is 0. The molecule has 2 amide bonds. The second-order valence-electron chi connectivity index (χ2n) is 7.44. The van der Waals surface area contributed by atoms with Crippen molar-refractivity contribution in [3.63, 3.8) is 0 Å². The zero-order valence-electron chi connectivity index (χ0n) is 17.7. The van der Waals surface area contributed by atoms with Crippen molar-refractivity contribution in [3.8, 4) is 0 Å². The van der Waals surface area contributed by atoms with Crippen LogP contribution in [-0.2, 0) is 24.9 Å². The van der Waals surface area contributed by atoms with Gasteiger partial charge in [0.2, 0.25) is 5.91 Å². The Morgan fingerprint density at radius 3 is 2.10 bits per heavy atom. The van der Waals surface area contributed by atoms with Crippen LogP contribution >= 0.6 is 0 Å². The molecule has 0 bridgehead atoms. The molecule has 0 spiro atoms. The Morgan fingerprint density at radius 2 is 1.50 bits per heavy atom.